The zero-order valence-electron chi connectivity index (χ0n) is 8.76. The van der Waals surface area contributed by atoms with Crippen molar-refractivity contribution >= 4 is 27.3 Å². The van der Waals surface area contributed by atoms with Gasteiger partial charge in [-0.3, -0.25) is 10.3 Å². The molecule has 3 rings (SSSR count). The minimum Gasteiger partial charge on any atom is -0.262 e. The molecule has 0 aliphatic carbocycles. The highest BCUT2D eigenvalue weighted by Crippen LogP contribution is 2.33. The molecule has 3 nitrogen and oxygen atoms in total. The number of halogens is 1. The Balaban J connectivity index is 1.89. The van der Waals surface area contributed by atoms with Crippen LogP contribution >= 0.6 is 27.3 Å². The second-order valence-electron chi connectivity index (χ2n) is 3.59. The maximum Gasteiger partial charge on any atom is 0.142 e. The summed E-state index contributed by atoms with van der Waals surface area (Å²) in [4.78, 5) is 10.9. The molecule has 1 aliphatic rings. The third-order valence-electron chi connectivity index (χ3n) is 2.41. The monoisotopic (exact) mass is 308 g/mol. The van der Waals surface area contributed by atoms with Crippen LogP contribution in [0.5, 0.6) is 0 Å². The van der Waals surface area contributed by atoms with Crippen molar-refractivity contribution in [2.24, 2.45) is 0 Å². The molecule has 5 heteroatoms. The number of aromatic nitrogens is 1. The predicted molar refractivity (Wildman–Crippen MR) is 71.5 cm³/mol. The molecular formula is C12H9BrN2OS. The number of benzene rings is 1. The van der Waals surface area contributed by atoms with Crippen LogP contribution < -0.4 is 5.48 Å². The molecule has 0 fully saturated rings. The van der Waals surface area contributed by atoms with Crippen LogP contribution in [0.4, 0.5) is 0 Å². The van der Waals surface area contributed by atoms with E-state index in [4.69, 9.17) is 4.84 Å². The highest BCUT2D eigenvalue weighted by atomic mass is 79.9. The van der Waals surface area contributed by atoms with Gasteiger partial charge in [0.1, 0.15) is 15.7 Å². The van der Waals surface area contributed by atoms with E-state index in [2.05, 4.69) is 38.5 Å². The molecule has 2 heterocycles. The summed E-state index contributed by atoms with van der Waals surface area (Å²) in [6.45, 7) is 0. The zero-order valence-corrected chi connectivity index (χ0v) is 11.2. The summed E-state index contributed by atoms with van der Waals surface area (Å²) in [5.41, 5.74) is 3.91. The number of hydrogen-bond donors (Lipinski definition) is 1. The van der Waals surface area contributed by atoms with Crippen molar-refractivity contribution in [1.29, 1.82) is 0 Å². The summed E-state index contributed by atoms with van der Waals surface area (Å²) in [6.07, 6.45) is 3.78. The summed E-state index contributed by atoms with van der Waals surface area (Å²) in [6, 6.07) is 10.1. The van der Waals surface area contributed by atoms with E-state index >= 15 is 0 Å². The van der Waals surface area contributed by atoms with Crippen molar-refractivity contribution in [1.82, 2.24) is 10.5 Å². The van der Waals surface area contributed by atoms with Crippen molar-refractivity contribution in [2.45, 2.75) is 6.10 Å². The Morgan fingerprint density at radius 2 is 2.12 bits per heavy atom. The lowest BCUT2D eigenvalue weighted by Crippen LogP contribution is -2.03. The third kappa shape index (κ3) is 2.26. The van der Waals surface area contributed by atoms with Gasteiger partial charge in [0, 0.05) is 11.8 Å². The first-order chi connectivity index (χ1) is 8.33. The number of nitrogens with one attached hydrogen (secondary N) is 1. The molecule has 1 atom stereocenters. The van der Waals surface area contributed by atoms with Gasteiger partial charge in [0.15, 0.2) is 0 Å². The molecule has 1 aliphatic heterocycles. The van der Waals surface area contributed by atoms with Gasteiger partial charge in [-0.25, -0.2) is 4.98 Å². The fourth-order valence-corrected chi connectivity index (χ4v) is 2.85. The first-order valence-electron chi connectivity index (χ1n) is 5.13. The molecule has 0 spiro atoms. The van der Waals surface area contributed by atoms with Gasteiger partial charge >= 0.3 is 0 Å². The molecule has 0 radical (unpaired) electrons. The SMILES string of the molecule is BrC1=C[C@@H](c2cnc(-c3ccccc3)s2)ON1. The number of hydrogen-bond acceptors (Lipinski definition) is 4. The zero-order chi connectivity index (χ0) is 11.7. The van der Waals surface area contributed by atoms with E-state index in [1.807, 2.05) is 30.5 Å². The molecule has 0 saturated carbocycles. The maximum absolute atomic E-state index is 5.38. The van der Waals surface area contributed by atoms with E-state index in [0.717, 1.165) is 20.1 Å². The molecule has 1 aromatic carbocycles. The summed E-state index contributed by atoms with van der Waals surface area (Å²) >= 11 is 4.98. The van der Waals surface area contributed by atoms with Crippen LogP contribution in [0.2, 0.25) is 0 Å². The highest BCUT2D eigenvalue weighted by Gasteiger charge is 2.19. The number of hydroxylamine groups is 1. The van der Waals surface area contributed by atoms with Gasteiger partial charge in [0.25, 0.3) is 0 Å². The van der Waals surface area contributed by atoms with Gasteiger partial charge in [-0.15, -0.1) is 11.3 Å². The van der Waals surface area contributed by atoms with Crippen molar-refractivity contribution in [3.8, 4) is 10.6 Å². The summed E-state index contributed by atoms with van der Waals surface area (Å²) in [5.74, 6) is 0. The van der Waals surface area contributed by atoms with E-state index in [-0.39, 0.29) is 6.10 Å². The lowest BCUT2D eigenvalue weighted by Gasteiger charge is -2.02. The smallest absolute Gasteiger partial charge is 0.142 e. The fraction of sp³-hybridized carbons (Fsp3) is 0.0833. The second-order valence-corrected chi connectivity index (χ2v) is 5.51. The summed E-state index contributed by atoms with van der Waals surface area (Å²) in [7, 11) is 0. The predicted octanol–water partition coefficient (Wildman–Crippen LogP) is 3.62. The van der Waals surface area contributed by atoms with Crippen LogP contribution in [0.3, 0.4) is 0 Å². The van der Waals surface area contributed by atoms with E-state index in [1.165, 1.54) is 0 Å². The van der Waals surface area contributed by atoms with Gasteiger partial charge in [-0.05, 0) is 22.0 Å². The summed E-state index contributed by atoms with van der Waals surface area (Å²) < 4.78 is 0.858. The Bertz CT molecular complexity index is 553. The van der Waals surface area contributed by atoms with E-state index in [0.29, 0.717) is 0 Å². The molecular weight excluding hydrogens is 300 g/mol. The lowest BCUT2D eigenvalue weighted by molar-refractivity contribution is 0.0476. The minimum atomic E-state index is -0.0562. The first kappa shape index (κ1) is 11.0. The normalized spacial score (nSPS) is 18.9. The Morgan fingerprint density at radius 1 is 1.29 bits per heavy atom. The standard InChI is InChI=1S/C12H9BrN2OS/c13-11-6-9(16-15-11)10-7-14-12(17-10)8-4-2-1-3-5-8/h1-7,9,15H/t9-/m0/s1. The molecule has 17 heavy (non-hydrogen) atoms. The minimum absolute atomic E-state index is 0.0562. The lowest BCUT2D eigenvalue weighted by atomic mass is 10.2. The number of thiazole rings is 1. The number of nitrogens with zero attached hydrogens (tertiary/aromatic N) is 1. The molecule has 86 valence electrons. The molecule has 1 aromatic heterocycles. The van der Waals surface area contributed by atoms with Crippen molar-refractivity contribution in [2.75, 3.05) is 0 Å². The van der Waals surface area contributed by atoms with Crippen molar-refractivity contribution < 1.29 is 4.84 Å². The quantitative estimate of drug-likeness (QED) is 0.860. The summed E-state index contributed by atoms with van der Waals surface area (Å²) in [5, 5.41) is 1.01. The third-order valence-corrected chi connectivity index (χ3v) is 3.94. The van der Waals surface area contributed by atoms with Crippen LogP contribution in [-0.4, -0.2) is 4.98 Å². The van der Waals surface area contributed by atoms with Crippen molar-refractivity contribution in [3.63, 3.8) is 0 Å². The van der Waals surface area contributed by atoms with Crippen LogP contribution in [0.15, 0.2) is 47.2 Å². The Morgan fingerprint density at radius 3 is 2.82 bits per heavy atom. The average Bonchev–Trinajstić information content (AvgIpc) is 2.98. The highest BCUT2D eigenvalue weighted by molar-refractivity contribution is 9.11. The second kappa shape index (κ2) is 4.60. The van der Waals surface area contributed by atoms with E-state index < -0.39 is 0 Å². The van der Waals surface area contributed by atoms with Gasteiger partial charge in [-0.1, -0.05) is 30.3 Å². The number of rotatable bonds is 2. The van der Waals surface area contributed by atoms with Crippen LogP contribution in [-0.2, 0) is 4.84 Å². The van der Waals surface area contributed by atoms with Gasteiger partial charge < -0.3 is 0 Å². The van der Waals surface area contributed by atoms with E-state index in [1.54, 1.807) is 11.3 Å². The Labute approximate surface area is 111 Å². The Hall–Kier alpha value is -1.17. The maximum atomic E-state index is 5.38. The largest absolute Gasteiger partial charge is 0.262 e. The molecule has 0 unspecified atom stereocenters. The molecule has 1 N–H and O–H groups in total. The topological polar surface area (TPSA) is 34.1 Å². The molecule has 2 aromatic rings. The molecule has 0 bridgehead atoms. The molecule has 0 saturated heterocycles. The van der Waals surface area contributed by atoms with Crippen LogP contribution in [0.25, 0.3) is 10.6 Å². The average molecular weight is 309 g/mol. The fourth-order valence-electron chi connectivity index (χ4n) is 1.59. The van der Waals surface area contributed by atoms with Crippen LogP contribution in [0, 0.1) is 0 Å². The van der Waals surface area contributed by atoms with E-state index in [9.17, 15) is 0 Å². The van der Waals surface area contributed by atoms with Gasteiger partial charge in [0.2, 0.25) is 0 Å². The first-order valence-corrected chi connectivity index (χ1v) is 6.74. The van der Waals surface area contributed by atoms with Gasteiger partial charge in [-0.2, -0.15) is 0 Å². The molecule has 0 amide bonds. The Kier molecular flexibility index (Phi) is 2.96. The van der Waals surface area contributed by atoms with Crippen molar-refractivity contribution in [3.05, 3.63) is 52.1 Å². The van der Waals surface area contributed by atoms with Gasteiger partial charge in [0.05, 0.1) is 4.88 Å². The van der Waals surface area contributed by atoms with Crippen LogP contribution in [0.1, 0.15) is 11.0 Å².